The molecule has 1 atom stereocenters. The Bertz CT molecular complexity index is 1330. The first-order valence-electron chi connectivity index (χ1n) is 12.7. The van der Waals surface area contributed by atoms with Crippen molar-refractivity contribution in [2.75, 3.05) is 29.7 Å². The molecule has 2 heterocycles. The van der Waals surface area contributed by atoms with Crippen molar-refractivity contribution in [3.8, 4) is 0 Å². The van der Waals surface area contributed by atoms with Crippen molar-refractivity contribution >= 4 is 11.4 Å². The number of aryl methyl sites for hydroxylation is 2. The van der Waals surface area contributed by atoms with Gasteiger partial charge in [-0.2, -0.15) is 0 Å². The average molecular weight is 477 g/mol. The summed E-state index contributed by atoms with van der Waals surface area (Å²) >= 11 is 0. The molecular weight excluding hydrogens is 444 g/mol. The predicted octanol–water partition coefficient (Wildman–Crippen LogP) is 6.09. The molecular formula is C32H32N2O2. The molecule has 0 aliphatic carbocycles. The van der Waals surface area contributed by atoms with E-state index in [-0.39, 0.29) is 12.6 Å². The summed E-state index contributed by atoms with van der Waals surface area (Å²) in [5.41, 5.74) is 8.16. The van der Waals surface area contributed by atoms with E-state index >= 15 is 0 Å². The van der Waals surface area contributed by atoms with Crippen LogP contribution in [0, 0.1) is 13.8 Å². The second kappa shape index (κ2) is 9.12. The van der Waals surface area contributed by atoms with E-state index < -0.39 is 5.60 Å². The van der Waals surface area contributed by atoms with E-state index in [0.717, 1.165) is 24.3 Å². The Labute approximate surface area is 213 Å². The van der Waals surface area contributed by atoms with Crippen LogP contribution in [-0.2, 0) is 16.9 Å². The van der Waals surface area contributed by atoms with Gasteiger partial charge in [0.05, 0.1) is 25.9 Å². The van der Waals surface area contributed by atoms with Gasteiger partial charge in [0.2, 0.25) is 0 Å². The highest BCUT2D eigenvalue weighted by Crippen LogP contribution is 2.44. The highest BCUT2D eigenvalue weighted by atomic mass is 16.5. The monoisotopic (exact) mass is 476 g/mol. The van der Waals surface area contributed by atoms with Crippen LogP contribution in [-0.4, -0.2) is 25.0 Å². The summed E-state index contributed by atoms with van der Waals surface area (Å²) in [5, 5.41) is 11.9. The Morgan fingerprint density at radius 1 is 0.806 bits per heavy atom. The van der Waals surface area contributed by atoms with Crippen molar-refractivity contribution in [1.29, 1.82) is 0 Å². The van der Waals surface area contributed by atoms with Crippen LogP contribution < -0.4 is 9.80 Å². The van der Waals surface area contributed by atoms with Crippen LogP contribution >= 0.6 is 0 Å². The van der Waals surface area contributed by atoms with Gasteiger partial charge < -0.3 is 19.6 Å². The van der Waals surface area contributed by atoms with E-state index in [1.807, 2.05) is 60.7 Å². The second-order valence-corrected chi connectivity index (χ2v) is 10.1. The third-order valence-electron chi connectivity index (χ3n) is 7.58. The van der Waals surface area contributed by atoms with E-state index in [4.69, 9.17) is 4.74 Å². The normalized spacial score (nSPS) is 16.5. The number of nitrogens with zero attached hydrogens (tertiary/aromatic N) is 2. The van der Waals surface area contributed by atoms with E-state index in [1.165, 1.54) is 33.6 Å². The topological polar surface area (TPSA) is 35.9 Å². The number of anilines is 2. The van der Waals surface area contributed by atoms with Crippen molar-refractivity contribution in [3.05, 3.63) is 130 Å². The number of rotatable bonds is 6. The van der Waals surface area contributed by atoms with Crippen LogP contribution in [0.25, 0.3) is 0 Å². The molecule has 1 N–H and O–H groups in total. The summed E-state index contributed by atoms with van der Waals surface area (Å²) in [6.07, 6.45) is 0. The summed E-state index contributed by atoms with van der Waals surface area (Å²) in [5.74, 6) is 0. The summed E-state index contributed by atoms with van der Waals surface area (Å²) in [6.45, 7) is 6.71. The van der Waals surface area contributed by atoms with Crippen molar-refractivity contribution in [3.63, 3.8) is 0 Å². The standard InChI is InChI=1S/C32H32N2O2/c1-23-13-15-29-25(17-23)19-33-22-34(29)31(28-18-24(2)14-16-30(28)33)20-36-21-32(35,26-9-5-3-6-10-26)27-11-7-4-8-12-27/h3-18,31,35H,19-22H2,1-2H3. The van der Waals surface area contributed by atoms with Crippen molar-refractivity contribution < 1.29 is 9.84 Å². The average Bonchev–Trinajstić information content (AvgIpc) is 2.91. The third kappa shape index (κ3) is 3.97. The zero-order valence-electron chi connectivity index (χ0n) is 20.9. The number of hydrogen-bond acceptors (Lipinski definition) is 4. The molecule has 0 fully saturated rings. The molecule has 1 unspecified atom stereocenters. The van der Waals surface area contributed by atoms with E-state index in [0.29, 0.717) is 6.61 Å². The molecule has 2 aliphatic heterocycles. The summed E-state index contributed by atoms with van der Waals surface area (Å²) in [7, 11) is 0. The third-order valence-corrected chi connectivity index (χ3v) is 7.58. The fourth-order valence-corrected chi connectivity index (χ4v) is 5.72. The fraction of sp³-hybridized carbons (Fsp3) is 0.250. The van der Waals surface area contributed by atoms with Gasteiger partial charge in [0.25, 0.3) is 0 Å². The van der Waals surface area contributed by atoms with Crippen LogP contribution in [0.2, 0.25) is 0 Å². The number of aliphatic hydroxyl groups is 1. The summed E-state index contributed by atoms with van der Waals surface area (Å²) in [4.78, 5) is 4.92. The first-order chi connectivity index (χ1) is 17.5. The minimum absolute atomic E-state index is 0.0636. The van der Waals surface area contributed by atoms with Gasteiger partial charge in [-0.3, -0.25) is 0 Å². The minimum atomic E-state index is -1.23. The Hall–Kier alpha value is -3.60. The molecule has 2 bridgehead atoms. The molecule has 4 aromatic rings. The first-order valence-corrected chi connectivity index (χ1v) is 12.7. The molecule has 4 aromatic carbocycles. The largest absolute Gasteiger partial charge is 0.378 e. The van der Waals surface area contributed by atoms with Gasteiger partial charge in [-0.15, -0.1) is 0 Å². The lowest BCUT2D eigenvalue weighted by molar-refractivity contribution is -0.0264. The maximum absolute atomic E-state index is 11.9. The molecule has 182 valence electrons. The Morgan fingerprint density at radius 2 is 1.42 bits per heavy atom. The molecule has 0 spiro atoms. The summed E-state index contributed by atoms with van der Waals surface area (Å²) in [6, 6.07) is 33.2. The maximum atomic E-state index is 11.9. The zero-order chi connectivity index (χ0) is 24.7. The van der Waals surface area contributed by atoms with Crippen LogP contribution in [0.5, 0.6) is 0 Å². The molecule has 0 amide bonds. The lowest BCUT2D eigenvalue weighted by Gasteiger charge is -2.49. The molecule has 6 rings (SSSR count). The molecule has 2 aliphatic rings. The first kappa shape index (κ1) is 22.8. The molecule has 0 saturated carbocycles. The van der Waals surface area contributed by atoms with Crippen molar-refractivity contribution in [2.24, 2.45) is 0 Å². The van der Waals surface area contributed by atoms with Gasteiger partial charge in [-0.25, -0.2) is 0 Å². The number of fused-ring (bicyclic) bond motifs is 6. The van der Waals surface area contributed by atoms with Gasteiger partial charge in [-0.1, -0.05) is 96.1 Å². The van der Waals surface area contributed by atoms with Crippen LogP contribution in [0.4, 0.5) is 11.4 Å². The molecule has 0 radical (unpaired) electrons. The molecule has 4 heteroatoms. The quantitative estimate of drug-likeness (QED) is 0.365. The number of ether oxygens (including phenoxy) is 1. The highest BCUT2D eigenvalue weighted by molar-refractivity contribution is 5.70. The highest BCUT2D eigenvalue weighted by Gasteiger charge is 2.38. The minimum Gasteiger partial charge on any atom is -0.378 e. The lowest BCUT2D eigenvalue weighted by Crippen LogP contribution is -2.50. The van der Waals surface area contributed by atoms with Gasteiger partial charge in [0.1, 0.15) is 5.60 Å². The second-order valence-electron chi connectivity index (χ2n) is 10.1. The van der Waals surface area contributed by atoms with Gasteiger partial charge >= 0.3 is 0 Å². The SMILES string of the molecule is Cc1ccc2c(c1)CN1CN2C(COCC(O)(c2ccccc2)c2ccccc2)c2cc(C)ccc21. The van der Waals surface area contributed by atoms with E-state index in [2.05, 4.69) is 60.0 Å². The Morgan fingerprint density at radius 3 is 2.08 bits per heavy atom. The molecule has 0 aromatic heterocycles. The van der Waals surface area contributed by atoms with Crippen LogP contribution in [0.15, 0.2) is 97.1 Å². The fourth-order valence-electron chi connectivity index (χ4n) is 5.72. The predicted molar refractivity (Wildman–Crippen MR) is 145 cm³/mol. The molecule has 4 nitrogen and oxygen atoms in total. The van der Waals surface area contributed by atoms with Crippen LogP contribution in [0.3, 0.4) is 0 Å². The smallest absolute Gasteiger partial charge is 0.138 e. The van der Waals surface area contributed by atoms with E-state index in [9.17, 15) is 5.11 Å². The van der Waals surface area contributed by atoms with Crippen molar-refractivity contribution in [1.82, 2.24) is 0 Å². The Kier molecular flexibility index (Phi) is 5.79. The molecule has 36 heavy (non-hydrogen) atoms. The van der Waals surface area contributed by atoms with Gasteiger partial charge in [0, 0.05) is 23.5 Å². The number of hydrogen-bond donors (Lipinski definition) is 1. The van der Waals surface area contributed by atoms with E-state index in [1.54, 1.807) is 0 Å². The van der Waals surface area contributed by atoms with Gasteiger partial charge in [0.15, 0.2) is 0 Å². The zero-order valence-corrected chi connectivity index (χ0v) is 20.9. The van der Waals surface area contributed by atoms with Gasteiger partial charge in [-0.05, 0) is 42.7 Å². The van der Waals surface area contributed by atoms with Crippen LogP contribution in [0.1, 0.15) is 39.4 Å². The lowest BCUT2D eigenvalue weighted by atomic mass is 9.87. The number of benzene rings is 4. The van der Waals surface area contributed by atoms with Crippen molar-refractivity contribution in [2.45, 2.75) is 32.0 Å². The summed E-state index contributed by atoms with van der Waals surface area (Å²) < 4.78 is 6.46. The molecule has 0 saturated heterocycles. The maximum Gasteiger partial charge on any atom is 0.138 e. The Balaban J connectivity index is 1.33.